The molecule has 0 amide bonds. The van der Waals surface area contributed by atoms with E-state index in [1.807, 2.05) is 12.1 Å². The summed E-state index contributed by atoms with van der Waals surface area (Å²) in [7, 11) is 3.41. The summed E-state index contributed by atoms with van der Waals surface area (Å²) in [5.41, 5.74) is 5.13. The zero-order chi connectivity index (χ0) is 19.5. The summed E-state index contributed by atoms with van der Waals surface area (Å²) >= 11 is 0. The van der Waals surface area contributed by atoms with Crippen LogP contribution in [0.2, 0.25) is 0 Å². The van der Waals surface area contributed by atoms with Crippen molar-refractivity contribution in [3.8, 4) is 11.5 Å². The molecule has 4 heteroatoms. The van der Waals surface area contributed by atoms with Crippen LogP contribution in [0.4, 0.5) is 0 Å². The Balaban J connectivity index is 1.76. The fourth-order valence-electron chi connectivity index (χ4n) is 4.33. The predicted molar refractivity (Wildman–Crippen MR) is 112 cm³/mol. The number of aromatic nitrogens is 1. The quantitative estimate of drug-likeness (QED) is 0.639. The van der Waals surface area contributed by atoms with Gasteiger partial charge in [-0.1, -0.05) is 42.0 Å². The minimum atomic E-state index is 0.216. The molecule has 1 atom stereocenters. The minimum Gasteiger partial charge on any atom is -0.493 e. The number of methoxy groups -OCH3 is 2. The molecule has 0 N–H and O–H groups in total. The van der Waals surface area contributed by atoms with Gasteiger partial charge >= 0.3 is 0 Å². The van der Waals surface area contributed by atoms with E-state index in [2.05, 4.69) is 65.1 Å². The molecular formula is C24H28N2O2. The SMILES string of the molecule is COc1cccc(CN2CCCn3cccc3C2c2cccc(C)c2)c1OC. The third-order valence-electron chi connectivity index (χ3n) is 5.57. The monoisotopic (exact) mass is 376 g/mol. The van der Waals surface area contributed by atoms with Gasteiger partial charge in [0.2, 0.25) is 0 Å². The Labute approximate surface area is 167 Å². The number of rotatable bonds is 5. The first-order valence-electron chi connectivity index (χ1n) is 9.87. The van der Waals surface area contributed by atoms with Crippen LogP contribution in [0, 0.1) is 6.92 Å². The van der Waals surface area contributed by atoms with E-state index in [1.54, 1.807) is 14.2 Å². The van der Waals surface area contributed by atoms with E-state index >= 15 is 0 Å². The molecule has 3 aromatic rings. The van der Waals surface area contributed by atoms with E-state index in [-0.39, 0.29) is 6.04 Å². The molecule has 4 nitrogen and oxygen atoms in total. The van der Waals surface area contributed by atoms with Crippen molar-refractivity contribution in [2.75, 3.05) is 20.8 Å². The molecule has 1 aromatic heterocycles. The molecule has 1 unspecified atom stereocenters. The third kappa shape index (κ3) is 3.52. The van der Waals surface area contributed by atoms with Crippen molar-refractivity contribution in [1.29, 1.82) is 0 Å². The highest BCUT2D eigenvalue weighted by Crippen LogP contribution is 2.37. The molecular weight excluding hydrogens is 348 g/mol. The van der Waals surface area contributed by atoms with E-state index in [4.69, 9.17) is 9.47 Å². The Morgan fingerprint density at radius 2 is 1.82 bits per heavy atom. The van der Waals surface area contributed by atoms with E-state index in [1.165, 1.54) is 16.8 Å². The fraction of sp³-hybridized carbons (Fsp3) is 0.333. The Kier molecular flexibility index (Phi) is 5.40. The summed E-state index contributed by atoms with van der Waals surface area (Å²) in [6, 6.07) is 19.6. The van der Waals surface area contributed by atoms with Crippen LogP contribution in [0.25, 0.3) is 0 Å². The van der Waals surface area contributed by atoms with Gasteiger partial charge in [-0.25, -0.2) is 0 Å². The molecule has 2 heterocycles. The van der Waals surface area contributed by atoms with Gasteiger partial charge < -0.3 is 14.0 Å². The van der Waals surface area contributed by atoms with E-state index in [9.17, 15) is 0 Å². The van der Waals surface area contributed by atoms with Crippen molar-refractivity contribution in [2.45, 2.75) is 32.5 Å². The molecule has 146 valence electrons. The standard InChI is InChI=1S/C24H28N2O2/c1-18-8-4-9-19(16-18)23-21-11-6-13-25(21)14-7-15-26(23)17-20-10-5-12-22(27-2)24(20)28-3/h4-6,8-13,16,23H,7,14-15,17H2,1-3H3. The van der Waals surface area contributed by atoms with Crippen molar-refractivity contribution in [3.63, 3.8) is 0 Å². The molecule has 4 rings (SSSR count). The lowest BCUT2D eigenvalue weighted by Gasteiger charge is -2.31. The summed E-state index contributed by atoms with van der Waals surface area (Å²) in [4.78, 5) is 2.56. The number of hydrogen-bond acceptors (Lipinski definition) is 3. The molecule has 0 aliphatic carbocycles. The van der Waals surface area contributed by atoms with E-state index in [0.29, 0.717) is 0 Å². The number of hydrogen-bond donors (Lipinski definition) is 0. The molecule has 0 saturated carbocycles. The van der Waals surface area contributed by atoms with Crippen molar-refractivity contribution in [1.82, 2.24) is 9.47 Å². The van der Waals surface area contributed by atoms with E-state index in [0.717, 1.165) is 43.1 Å². The summed E-state index contributed by atoms with van der Waals surface area (Å²) in [6.07, 6.45) is 3.32. The Morgan fingerprint density at radius 1 is 0.964 bits per heavy atom. The molecule has 0 radical (unpaired) electrons. The maximum absolute atomic E-state index is 5.70. The zero-order valence-electron chi connectivity index (χ0n) is 16.9. The topological polar surface area (TPSA) is 26.6 Å². The maximum Gasteiger partial charge on any atom is 0.165 e. The first-order valence-corrected chi connectivity index (χ1v) is 9.87. The number of ether oxygens (including phenoxy) is 2. The van der Waals surface area contributed by atoms with Crippen LogP contribution in [-0.4, -0.2) is 30.2 Å². The predicted octanol–water partition coefficient (Wildman–Crippen LogP) is 4.81. The van der Waals surface area contributed by atoms with Gasteiger partial charge in [0.1, 0.15) is 0 Å². The second-order valence-electron chi connectivity index (χ2n) is 7.42. The lowest BCUT2D eigenvalue weighted by Crippen LogP contribution is -2.29. The average molecular weight is 377 g/mol. The summed E-state index contributed by atoms with van der Waals surface area (Å²) in [6.45, 7) is 5.05. The van der Waals surface area contributed by atoms with Gasteiger partial charge in [-0.05, 0) is 37.1 Å². The van der Waals surface area contributed by atoms with Gasteiger partial charge in [0.15, 0.2) is 11.5 Å². The molecule has 0 saturated heterocycles. The number of para-hydroxylation sites is 1. The lowest BCUT2D eigenvalue weighted by molar-refractivity contribution is 0.216. The Bertz CT molecular complexity index is 947. The molecule has 28 heavy (non-hydrogen) atoms. The molecule has 1 aliphatic rings. The summed E-state index contributed by atoms with van der Waals surface area (Å²) < 4.78 is 13.6. The number of aryl methyl sites for hydroxylation is 2. The average Bonchev–Trinajstić information content (AvgIpc) is 3.09. The second-order valence-corrected chi connectivity index (χ2v) is 7.42. The molecule has 2 aromatic carbocycles. The smallest absolute Gasteiger partial charge is 0.165 e. The van der Waals surface area contributed by atoms with Gasteiger partial charge in [-0.3, -0.25) is 4.90 Å². The Morgan fingerprint density at radius 3 is 2.61 bits per heavy atom. The highest BCUT2D eigenvalue weighted by Gasteiger charge is 2.28. The fourth-order valence-corrected chi connectivity index (χ4v) is 4.33. The van der Waals surface area contributed by atoms with Crippen molar-refractivity contribution < 1.29 is 9.47 Å². The van der Waals surface area contributed by atoms with Crippen LogP contribution < -0.4 is 9.47 Å². The zero-order valence-corrected chi connectivity index (χ0v) is 16.9. The summed E-state index contributed by atoms with van der Waals surface area (Å²) in [5, 5.41) is 0. The van der Waals surface area contributed by atoms with Gasteiger partial charge in [-0.2, -0.15) is 0 Å². The van der Waals surface area contributed by atoms with Crippen molar-refractivity contribution in [3.05, 3.63) is 83.2 Å². The lowest BCUT2D eigenvalue weighted by atomic mass is 9.99. The van der Waals surface area contributed by atoms with Gasteiger partial charge in [0.25, 0.3) is 0 Å². The van der Waals surface area contributed by atoms with E-state index < -0.39 is 0 Å². The van der Waals surface area contributed by atoms with Crippen LogP contribution in [0.3, 0.4) is 0 Å². The van der Waals surface area contributed by atoms with Crippen LogP contribution in [0.5, 0.6) is 11.5 Å². The van der Waals surface area contributed by atoms with Crippen LogP contribution in [0.1, 0.15) is 34.8 Å². The van der Waals surface area contributed by atoms with Crippen molar-refractivity contribution >= 4 is 0 Å². The molecule has 0 fully saturated rings. The number of benzene rings is 2. The minimum absolute atomic E-state index is 0.216. The van der Waals surface area contributed by atoms with Gasteiger partial charge in [0.05, 0.1) is 20.3 Å². The normalized spacial score (nSPS) is 17.0. The van der Waals surface area contributed by atoms with Gasteiger partial charge in [-0.15, -0.1) is 0 Å². The van der Waals surface area contributed by atoms with Crippen LogP contribution in [0.15, 0.2) is 60.8 Å². The van der Waals surface area contributed by atoms with Crippen LogP contribution >= 0.6 is 0 Å². The molecule has 1 aliphatic heterocycles. The van der Waals surface area contributed by atoms with Crippen molar-refractivity contribution in [2.24, 2.45) is 0 Å². The van der Waals surface area contributed by atoms with Gasteiger partial charge in [0, 0.05) is 37.1 Å². The first kappa shape index (κ1) is 18.6. The maximum atomic E-state index is 5.70. The first-order chi connectivity index (χ1) is 13.7. The molecule has 0 spiro atoms. The van der Waals surface area contributed by atoms with Crippen LogP contribution in [-0.2, 0) is 13.1 Å². The highest BCUT2D eigenvalue weighted by atomic mass is 16.5. The largest absolute Gasteiger partial charge is 0.493 e. The molecule has 0 bridgehead atoms. The highest BCUT2D eigenvalue weighted by molar-refractivity contribution is 5.47. The Hall–Kier alpha value is -2.72. The summed E-state index contributed by atoms with van der Waals surface area (Å²) in [5.74, 6) is 1.61. The third-order valence-corrected chi connectivity index (χ3v) is 5.57. The number of fused-ring (bicyclic) bond motifs is 1. The second kappa shape index (κ2) is 8.11. The number of nitrogens with zero attached hydrogens (tertiary/aromatic N) is 2.